The number of anilines is 2. The van der Waals surface area contributed by atoms with Gasteiger partial charge in [0, 0.05) is 10.8 Å². The zero-order chi connectivity index (χ0) is 17.8. The van der Waals surface area contributed by atoms with E-state index in [1.165, 1.54) is 24.1 Å². The Morgan fingerprint density at radius 2 is 2.20 bits per heavy atom. The Bertz CT molecular complexity index is 956. The Morgan fingerprint density at radius 3 is 2.88 bits per heavy atom. The number of benzene rings is 1. The molecule has 9 heteroatoms. The Labute approximate surface area is 151 Å². The van der Waals surface area contributed by atoms with E-state index in [1.807, 2.05) is 18.2 Å². The van der Waals surface area contributed by atoms with Crippen LogP contribution in [0.4, 0.5) is 11.5 Å². The molecule has 0 atom stereocenters. The molecule has 3 aromatic rings. The Hall–Kier alpha value is -2.71. The van der Waals surface area contributed by atoms with Crippen LogP contribution in [0.2, 0.25) is 5.02 Å². The molecule has 128 valence electrons. The minimum absolute atomic E-state index is 0.0678. The summed E-state index contributed by atoms with van der Waals surface area (Å²) >= 11 is 7.24. The van der Waals surface area contributed by atoms with Crippen LogP contribution in [0.1, 0.15) is 16.1 Å². The molecular weight excluding hydrogens is 364 g/mol. The molecule has 1 aromatic carbocycles. The summed E-state index contributed by atoms with van der Waals surface area (Å²) in [4.78, 5) is 30.8. The van der Waals surface area contributed by atoms with Crippen LogP contribution in [0.5, 0.6) is 0 Å². The monoisotopic (exact) mass is 376 g/mol. The number of amides is 1. The van der Waals surface area contributed by atoms with Crippen LogP contribution in [-0.2, 0) is 5.75 Å². The summed E-state index contributed by atoms with van der Waals surface area (Å²) in [5, 5.41) is 3.38. The molecule has 0 bridgehead atoms. The molecule has 0 aliphatic rings. The summed E-state index contributed by atoms with van der Waals surface area (Å²) in [5.41, 5.74) is 6.13. The lowest BCUT2D eigenvalue weighted by molar-refractivity contribution is 0.0996. The van der Waals surface area contributed by atoms with Gasteiger partial charge in [0.1, 0.15) is 0 Å². The number of carbonyl (C=O) groups excluding carboxylic acids is 1. The highest BCUT2D eigenvalue weighted by atomic mass is 35.5. The number of hydrogen-bond acceptors (Lipinski definition) is 6. The number of halogens is 1. The van der Waals surface area contributed by atoms with Crippen molar-refractivity contribution in [3.63, 3.8) is 0 Å². The molecule has 2 aromatic heterocycles. The predicted molar refractivity (Wildman–Crippen MR) is 96.9 cm³/mol. The molecule has 4 N–H and O–H groups in total. The first-order chi connectivity index (χ1) is 12.0. The van der Waals surface area contributed by atoms with Gasteiger partial charge in [0.05, 0.1) is 6.26 Å². The molecule has 0 unspecified atom stereocenters. The molecule has 0 fully saturated rings. The van der Waals surface area contributed by atoms with Gasteiger partial charge in [-0.2, -0.15) is 0 Å². The standard InChI is InChI=1S/C16H13ClN4O3S/c17-10-4-1-3-9(7-10)8-25-16-20-13(18)12(15(23)21-16)19-14(22)11-5-2-6-24-11/h1-7H,8H2,(H,19,22)(H3,18,20,21,23). The second-order valence-electron chi connectivity index (χ2n) is 4.98. The summed E-state index contributed by atoms with van der Waals surface area (Å²) in [6.45, 7) is 0. The largest absolute Gasteiger partial charge is 0.459 e. The van der Waals surface area contributed by atoms with Gasteiger partial charge in [0.2, 0.25) is 0 Å². The van der Waals surface area contributed by atoms with Crippen molar-refractivity contribution in [1.82, 2.24) is 9.97 Å². The van der Waals surface area contributed by atoms with Gasteiger partial charge in [0.15, 0.2) is 22.4 Å². The van der Waals surface area contributed by atoms with Gasteiger partial charge < -0.3 is 15.5 Å². The number of thioether (sulfide) groups is 1. The summed E-state index contributed by atoms with van der Waals surface area (Å²) in [6, 6.07) is 10.4. The van der Waals surface area contributed by atoms with Crippen molar-refractivity contribution in [2.75, 3.05) is 11.1 Å². The van der Waals surface area contributed by atoms with Crippen molar-refractivity contribution in [1.29, 1.82) is 0 Å². The molecule has 0 aliphatic heterocycles. The molecule has 3 rings (SSSR count). The van der Waals surface area contributed by atoms with Crippen molar-refractivity contribution in [2.24, 2.45) is 0 Å². The van der Waals surface area contributed by atoms with Crippen LogP contribution in [0.3, 0.4) is 0 Å². The quantitative estimate of drug-likeness (QED) is 0.465. The van der Waals surface area contributed by atoms with Gasteiger partial charge in [-0.25, -0.2) is 4.98 Å². The van der Waals surface area contributed by atoms with E-state index in [0.29, 0.717) is 15.9 Å². The molecule has 2 heterocycles. The Balaban J connectivity index is 1.73. The lowest BCUT2D eigenvalue weighted by atomic mass is 10.2. The van der Waals surface area contributed by atoms with Gasteiger partial charge in [0.25, 0.3) is 11.5 Å². The fourth-order valence-corrected chi connectivity index (χ4v) is 3.04. The third-order valence-corrected chi connectivity index (χ3v) is 4.35. The lowest BCUT2D eigenvalue weighted by Gasteiger charge is -2.07. The number of nitrogens with two attached hydrogens (primary N) is 1. The Morgan fingerprint density at radius 1 is 1.36 bits per heavy atom. The fraction of sp³-hybridized carbons (Fsp3) is 0.0625. The van der Waals surface area contributed by atoms with Gasteiger partial charge in [-0.15, -0.1) is 0 Å². The lowest BCUT2D eigenvalue weighted by Crippen LogP contribution is -2.22. The summed E-state index contributed by atoms with van der Waals surface area (Å²) in [6.07, 6.45) is 1.36. The van der Waals surface area contributed by atoms with Crippen molar-refractivity contribution in [2.45, 2.75) is 10.9 Å². The Kier molecular flexibility index (Phi) is 5.11. The molecule has 0 radical (unpaired) electrons. The molecule has 7 nitrogen and oxygen atoms in total. The van der Waals surface area contributed by atoms with Gasteiger partial charge in [-0.1, -0.05) is 35.5 Å². The third-order valence-electron chi connectivity index (χ3n) is 3.17. The molecule has 0 saturated carbocycles. The normalized spacial score (nSPS) is 10.6. The van der Waals surface area contributed by atoms with E-state index in [2.05, 4.69) is 15.3 Å². The van der Waals surface area contributed by atoms with Crippen LogP contribution >= 0.6 is 23.4 Å². The second kappa shape index (κ2) is 7.45. The maximum absolute atomic E-state index is 12.2. The van der Waals surface area contributed by atoms with E-state index >= 15 is 0 Å². The third kappa shape index (κ3) is 4.23. The maximum Gasteiger partial charge on any atom is 0.291 e. The first-order valence-electron chi connectivity index (χ1n) is 7.15. The van der Waals surface area contributed by atoms with E-state index in [1.54, 1.807) is 12.1 Å². The number of nitrogens with zero attached hydrogens (tertiary/aromatic N) is 1. The van der Waals surface area contributed by atoms with Crippen molar-refractivity contribution < 1.29 is 9.21 Å². The minimum Gasteiger partial charge on any atom is -0.459 e. The first-order valence-corrected chi connectivity index (χ1v) is 8.51. The first kappa shape index (κ1) is 17.1. The predicted octanol–water partition coefficient (Wildman–Crippen LogP) is 3.14. The van der Waals surface area contributed by atoms with Crippen LogP contribution in [0.25, 0.3) is 0 Å². The van der Waals surface area contributed by atoms with Crippen molar-refractivity contribution in [3.8, 4) is 0 Å². The van der Waals surface area contributed by atoms with Crippen LogP contribution in [-0.4, -0.2) is 15.9 Å². The van der Waals surface area contributed by atoms with Crippen molar-refractivity contribution >= 4 is 40.8 Å². The number of aromatic amines is 1. The number of furan rings is 1. The number of hydrogen-bond donors (Lipinski definition) is 3. The number of nitrogens with one attached hydrogen (secondary N) is 2. The summed E-state index contributed by atoms with van der Waals surface area (Å²) in [5.74, 6) is -0.0279. The number of nitrogen functional groups attached to an aromatic ring is 1. The highest BCUT2D eigenvalue weighted by molar-refractivity contribution is 7.98. The molecule has 0 spiro atoms. The number of carbonyl (C=O) groups is 1. The SMILES string of the molecule is Nc1nc(SCc2cccc(Cl)c2)[nH]c(=O)c1NC(=O)c1ccco1. The van der Waals surface area contributed by atoms with Crippen LogP contribution in [0.15, 0.2) is 57.0 Å². The fourth-order valence-electron chi connectivity index (χ4n) is 2.02. The summed E-state index contributed by atoms with van der Waals surface area (Å²) < 4.78 is 4.97. The van der Waals surface area contributed by atoms with Gasteiger partial charge >= 0.3 is 0 Å². The number of H-pyrrole nitrogens is 1. The number of aromatic nitrogens is 2. The highest BCUT2D eigenvalue weighted by Gasteiger charge is 2.15. The second-order valence-corrected chi connectivity index (χ2v) is 6.38. The van der Waals surface area contributed by atoms with Crippen LogP contribution < -0.4 is 16.6 Å². The molecular formula is C16H13ClN4O3S. The van der Waals surface area contributed by atoms with E-state index in [4.69, 9.17) is 21.8 Å². The average molecular weight is 377 g/mol. The topological polar surface area (TPSA) is 114 Å². The number of rotatable bonds is 5. The molecule has 1 amide bonds. The average Bonchev–Trinajstić information content (AvgIpc) is 3.11. The molecule has 25 heavy (non-hydrogen) atoms. The molecule has 0 saturated heterocycles. The van der Waals surface area contributed by atoms with Crippen molar-refractivity contribution in [3.05, 3.63) is 69.4 Å². The maximum atomic E-state index is 12.2. The highest BCUT2D eigenvalue weighted by Crippen LogP contribution is 2.22. The van der Waals surface area contributed by atoms with Gasteiger partial charge in [-0.3, -0.25) is 14.6 Å². The zero-order valence-electron chi connectivity index (χ0n) is 12.8. The summed E-state index contributed by atoms with van der Waals surface area (Å²) in [7, 11) is 0. The van der Waals surface area contributed by atoms with Gasteiger partial charge in [-0.05, 0) is 29.8 Å². The van der Waals surface area contributed by atoms with E-state index in [-0.39, 0.29) is 17.3 Å². The minimum atomic E-state index is -0.580. The van der Waals surface area contributed by atoms with E-state index in [0.717, 1.165) is 5.56 Å². The van der Waals surface area contributed by atoms with E-state index in [9.17, 15) is 9.59 Å². The smallest absolute Gasteiger partial charge is 0.291 e. The van der Waals surface area contributed by atoms with E-state index < -0.39 is 11.5 Å². The molecule has 0 aliphatic carbocycles. The van der Waals surface area contributed by atoms with Crippen LogP contribution in [0, 0.1) is 0 Å². The zero-order valence-corrected chi connectivity index (χ0v) is 14.4.